The quantitative estimate of drug-likeness (QED) is 0.899. The standard InChI is InChI=1S/C20H23N3O2S/c1-14(19(25)23-11-9-20(7-8-20)10-12-23)22-17(24)18-21-13-16(26-18)15-5-3-2-4-6-15/h2-6,13-14H,7-12H2,1H3,(H,22,24)/t14-/m1/s1. The van der Waals surface area contributed by atoms with E-state index in [1.807, 2.05) is 35.2 Å². The molecule has 136 valence electrons. The van der Waals surface area contributed by atoms with Crippen LogP contribution in [0.1, 0.15) is 42.4 Å². The number of hydrogen-bond acceptors (Lipinski definition) is 4. The van der Waals surface area contributed by atoms with Crippen LogP contribution in [0, 0.1) is 5.41 Å². The van der Waals surface area contributed by atoms with Gasteiger partial charge in [-0.25, -0.2) is 4.98 Å². The maximum Gasteiger partial charge on any atom is 0.280 e. The molecule has 2 heterocycles. The fourth-order valence-corrected chi connectivity index (χ4v) is 4.41. The highest BCUT2D eigenvalue weighted by Gasteiger charge is 2.45. The molecule has 1 aliphatic heterocycles. The normalized spacial score (nSPS) is 19.2. The van der Waals surface area contributed by atoms with Gasteiger partial charge in [-0.2, -0.15) is 0 Å². The van der Waals surface area contributed by atoms with Gasteiger partial charge >= 0.3 is 0 Å². The molecule has 6 heteroatoms. The molecule has 2 aromatic rings. The number of piperidine rings is 1. The molecule has 0 radical (unpaired) electrons. The number of benzene rings is 1. The van der Waals surface area contributed by atoms with Crippen LogP contribution in [-0.4, -0.2) is 40.8 Å². The third-order valence-corrected chi connectivity index (χ3v) is 6.61. The summed E-state index contributed by atoms with van der Waals surface area (Å²) in [6.45, 7) is 3.39. The molecular weight excluding hydrogens is 346 g/mol. The number of nitrogens with one attached hydrogen (secondary N) is 1. The fourth-order valence-electron chi connectivity index (χ4n) is 3.59. The molecule has 26 heavy (non-hydrogen) atoms. The van der Waals surface area contributed by atoms with Crippen LogP contribution in [0.15, 0.2) is 36.5 Å². The number of likely N-dealkylation sites (tertiary alicyclic amines) is 1. The minimum absolute atomic E-state index is 0.00805. The zero-order chi connectivity index (χ0) is 18.1. The number of hydrogen-bond donors (Lipinski definition) is 1. The van der Waals surface area contributed by atoms with Crippen molar-refractivity contribution in [3.05, 3.63) is 41.5 Å². The van der Waals surface area contributed by atoms with Crippen molar-refractivity contribution in [1.29, 1.82) is 0 Å². The molecule has 1 aromatic carbocycles. The second kappa shape index (κ2) is 6.83. The molecule has 2 aliphatic rings. The van der Waals surface area contributed by atoms with Crippen LogP contribution in [0.3, 0.4) is 0 Å². The molecule has 5 nitrogen and oxygen atoms in total. The van der Waals surface area contributed by atoms with Gasteiger partial charge in [-0.3, -0.25) is 9.59 Å². The van der Waals surface area contributed by atoms with Gasteiger partial charge in [0.15, 0.2) is 5.01 Å². The maximum atomic E-state index is 12.6. The van der Waals surface area contributed by atoms with E-state index in [0.717, 1.165) is 36.4 Å². The predicted octanol–water partition coefficient (Wildman–Crippen LogP) is 3.33. The van der Waals surface area contributed by atoms with Gasteiger partial charge in [-0.15, -0.1) is 11.3 Å². The van der Waals surface area contributed by atoms with Crippen LogP contribution >= 0.6 is 11.3 Å². The third kappa shape index (κ3) is 3.51. The Balaban J connectivity index is 1.35. The Kier molecular flexibility index (Phi) is 4.53. The van der Waals surface area contributed by atoms with Crippen LogP contribution in [-0.2, 0) is 4.79 Å². The number of thiazole rings is 1. The molecule has 1 atom stereocenters. The SMILES string of the molecule is C[C@@H](NC(=O)c1ncc(-c2ccccc2)s1)C(=O)N1CCC2(CC1)CC2. The minimum Gasteiger partial charge on any atom is -0.341 e. The number of aromatic nitrogens is 1. The van der Waals surface area contributed by atoms with Gasteiger partial charge < -0.3 is 10.2 Å². The topological polar surface area (TPSA) is 62.3 Å². The molecule has 1 aromatic heterocycles. The minimum atomic E-state index is -0.528. The first-order chi connectivity index (χ1) is 12.6. The lowest BCUT2D eigenvalue weighted by molar-refractivity contribution is -0.134. The van der Waals surface area contributed by atoms with Crippen molar-refractivity contribution in [2.24, 2.45) is 5.41 Å². The van der Waals surface area contributed by atoms with Crippen molar-refractivity contribution in [2.45, 2.75) is 38.6 Å². The van der Waals surface area contributed by atoms with Crippen LogP contribution in [0.25, 0.3) is 10.4 Å². The zero-order valence-corrected chi connectivity index (χ0v) is 15.7. The molecule has 0 bridgehead atoms. The van der Waals surface area contributed by atoms with E-state index in [-0.39, 0.29) is 11.8 Å². The van der Waals surface area contributed by atoms with E-state index in [9.17, 15) is 9.59 Å². The summed E-state index contributed by atoms with van der Waals surface area (Å²) in [5.41, 5.74) is 1.58. The first kappa shape index (κ1) is 17.2. The molecule has 2 fully saturated rings. The average molecular weight is 369 g/mol. The van der Waals surface area contributed by atoms with Gasteiger partial charge in [0.1, 0.15) is 6.04 Å². The first-order valence-electron chi connectivity index (χ1n) is 9.17. The Morgan fingerprint density at radius 2 is 1.85 bits per heavy atom. The summed E-state index contributed by atoms with van der Waals surface area (Å²) in [6.07, 6.45) is 6.55. The van der Waals surface area contributed by atoms with Crippen molar-refractivity contribution in [2.75, 3.05) is 13.1 Å². The van der Waals surface area contributed by atoms with Crippen molar-refractivity contribution < 1.29 is 9.59 Å². The molecule has 1 N–H and O–H groups in total. The van der Waals surface area contributed by atoms with E-state index in [0.29, 0.717) is 10.4 Å². The summed E-state index contributed by atoms with van der Waals surface area (Å²) in [4.78, 5) is 32.1. The highest BCUT2D eigenvalue weighted by atomic mass is 32.1. The number of carbonyl (C=O) groups is 2. The van der Waals surface area contributed by atoms with Crippen molar-refractivity contribution in [3.63, 3.8) is 0 Å². The van der Waals surface area contributed by atoms with Crippen LogP contribution < -0.4 is 5.32 Å². The van der Waals surface area contributed by atoms with Crippen molar-refractivity contribution in [1.82, 2.24) is 15.2 Å². The first-order valence-corrected chi connectivity index (χ1v) is 9.99. The van der Waals surface area contributed by atoms with E-state index in [2.05, 4.69) is 10.3 Å². The molecular formula is C20H23N3O2S. The molecule has 1 saturated heterocycles. The summed E-state index contributed by atoms with van der Waals surface area (Å²) in [6, 6.07) is 9.32. The van der Waals surface area contributed by atoms with E-state index in [1.54, 1.807) is 13.1 Å². The Labute approximate surface area is 157 Å². The predicted molar refractivity (Wildman–Crippen MR) is 102 cm³/mol. The van der Waals surface area contributed by atoms with Crippen LogP contribution in [0.5, 0.6) is 0 Å². The smallest absolute Gasteiger partial charge is 0.280 e. The molecule has 1 aliphatic carbocycles. The Morgan fingerprint density at radius 1 is 1.15 bits per heavy atom. The summed E-state index contributed by atoms with van der Waals surface area (Å²) >= 11 is 1.34. The highest BCUT2D eigenvalue weighted by molar-refractivity contribution is 7.17. The molecule has 4 rings (SSSR count). The number of carbonyl (C=O) groups excluding carboxylic acids is 2. The second-order valence-electron chi connectivity index (χ2n) is 7.42. The van der Waals surface area contributed by atoms with Gasteiger partial charge in [-0.1, -0.05) is 30.3 Å². The maximum absolute atomic E-state index is 12.6. The Bertz CT molecular complexity index is 803. The Hall–Kier alpha value is -2.21. The summed E-state index contributed by atoms with van der Waals surface area (Å²) in [5.74, 6) is -0.276. The van der Waals surface area contributed by atoms with Gasteiger partial charge in [0.25, 0.3) is 5.91 Å². The second-order valence-corrected chi connectivity index (χ2v) is 8.45. The lowest BCUT2D eigenvalue weighted by atomic mass is 9.93. The van der Waals surface area contributed by atoms with Gasteiger partial charge in [0, 0.05) is 19.3 Å². The summed E-state index contributed by atoms with van der Waals surface area (Å²) in [7, 11) is 0. The highest BCUT2D eigenvalue weighted by Crippen LogP contribution is 2.53. The lowest BCUT2D eigenvalue weighted by Crippen LogP contribution is -2.49. The van der Waals surface area contributed by atoms with Crippen LogP contribution in [0.2, 0.25) is 0 Å². The number of rotatable bonds is 4. The monoisotopic (exact) mass is 369 g/mol. The van der Waals surface area contributed by atoms with Gasteiger partial charge in [-0.05, 0) is 43.6 Å². The van der Waals surface area contributed by atoms with E-state index >= 15 is 0 Å². The van der Waals surface area contributed by atoms with Gasteiger partial charge in [0.05, 0.1) is 4.88 Å². The third-order valence-electron chi connectivity index (χ3n) is 5.57. The molecule has 1 saturated carbocycles. The summed E-state index contributed by atoms with van der Waals surface area (Å²) in [5, 5.41) is 3.20. The lowest BCUT2D eigenvalue weighted by Gasteiger charge is -2.33. The van der Waals surface area contributed by atoms with Crippen molar-refractivity contribution in [3.8, 4) is 10.4 Å². The summed E-state index contributed by atoms with van der Waals surface area (Å²) < 4.78 is 0. The molecule has 2 amide bonds. The van der Waals surface area contributed by atoms with E-state index in [4.69, 9.17) is 0 Å². The number of nitrogens with zero attached hydrogens (tertiary/aromatic N) is 2. The van der Waals surface area contributed by atoms with E-state index in [1.165, 1.54) is 24.2 Å². The van der Waals surface area contributed by atoms with Gasteiger partial charge in [0.2, 0.25) is 5.91 Å². The van der Waals surface area contributed by atoms with Crippen LogP contribution in [0.4, 0.5) is 0 Å². The van der Waals surface area contributed by atoms with E-state index < -0.39 is 6.04 Å². The molecule has 1 spiro atoms. The average Bonchev–Trinajstić information content (AvgIpc) is 3.23. The molecule has 0 unspecified atom stereocenters. The zero-order valence-electron chi connectivity index (χ0n) is 14.9. The number of amides is 2. The Morgan fingerprint density at radius 3 is 2.50 bits per heavy atom. The van der Waals surface area contributed by atoms with Crippen molar-refractivity contribution >= 4 is 23.2 Å². The fraction of sp³-hybridized carbons (Fsp3) is 0.450. The largest absolute Gasteiger partial charge is 0.341 e.